The molecule has 1 fully saturated rings. The fourth-order valence-electron chi connectivity index (χ4n) is 3.04. The van der Waals surface area contributed by atoms with E-state index in [9.17, 15) is 19.5 Å². The van der Waals surface area contributed by atoms with Crippen LogP contribution in [0.4, 0.5) is 9.80 Å². The van der Waals surface area contributed by atoms with Crippen molar-refractivity contribution >= 4 is 34.2 Å². The van der Waals surface area contributed by atoms with Gasteiger partial charge in [-0.25, -0.2) is 9.59 Å². The molecule has 0 bridgehead atoms. The van der Waals surface area contributed by atoms with Crippen LogP contribution in [0.2, 0.25) is 0 Å². The summed E-state index contributed by atoms with van der Waals surface area (Å²) in [6, 6.07) is 8.76. The Morgan fingerprint density at radius 3 is 2.52 bits per heavy atom. The predicted octanol–water partition coefficient (Wildman–Crippen LogP) is 2.39. The molecule has 1 aromatic carbocycles. The molecule has 3 rings (SSSR count). The Labute approximate surface area is 173 Å². The number of benzene rings is 1. The standard InChI is InChI=1S/C13H12N2O3S.C7H14N2O/c14-13(18)15-11-10(12(16)17)9(7-19-11)6-8-4-2-1-3-5-8;8-7(10)6-3-1-2-4-9-5-6/h1-5,7H,6H2,(H,16,17)(H3,14,15,18);6,9H,1-5H2,(H2,8,10)/t;6-/m.0/s1. The van der Waals surface area contributed by atoms with Crippen LogP contribution in [0, 0.1) is 5.92 Å². The van der Waals surface area contributed by atoms with E-state index in [-0.39, 0.29) is 22.4 Å². The minimum Gasteiger partial charge on any atom is -0.478 e. The summed E-state index contributed by atoms with van der Waals surface area (Å²) in [5.41, 5.74) is 11.9. The average Bonchev–Trinajstić information content (AvgIpc) is 2.88. The van der Waals surface area contributed by atoms with Crippen LogP contribution in [0.3, 0.4) is 0 Å². The molecule has 2 heterocycles. The van der Waals surface area contributed by atoms with Gasteiger partial charge in [-0.3, -0.25) is 10.1 Å². The molecule has 1 atom stereocenters. The summed E-state index contributed by atoms with van der Waals surface area (Å²) in [7, 11) is 0. The van der Waals surface area contributed by atoms with Gasteiger partial charge in [-0.1, -0.05) is 36.8 Å². The number of primary amides is 2. The number of hydrogen-bond acceptors (Lipinski definition) is 5. The lowest BCUT2D eigenvalue weighted by molar-refractivity contribution is -0.121. The lowest BCUT2D eigenvalue weighted by atomic mass is 10.0. The van der Waals surface area contributed by atoms with Gasteiger partial charge in [0, 0.05) is 6.54 Å². The summed E-state index contributed by atoms with van der Waals surface area (Å²) < 4.78 is 0. The first-order valence-electron chi connectivity index (χ1n) is 9.32. The number of carbonyl (C=O) groups is 3. The van der Waals surface area contributed by atoms with Crippen molar-refractivity contribution in [2.24, 2.45) is 17.4 Å². The van der Waals surface area contributed by atoms with E-state index >= 15 is 0 Å². The third kappa shape index (κ3) is 7.20. The lowest BCUT2D eigenvalue weighted by Crippen LogP contribution is -2.31. The normalized spacial score (nSPS) is 16.1. The second kappa shape index (κ2) is 11.2. The molecule has 8 nitrogen and oxygen atoms in total. The van der Waals surface area contributed by atoms with Crippen LogP contribution in [-0.2, 0) is 11.2 Å². The maximum atomic E-state index is 11.3. The number of rotatable bonds is 5. The highest BCUT2D eigenvalue weighted by atomic mass is 32.1. The zero-order chi connectivity index (χ0) is 21.2. The Hall–Kier alpha value is -2.91. The summed E-state index contributed by atoms with van der Waals surface area (Å²) in [6.07, 6.45) is 3.76. The van der Waals surface area contributed by atoms with Gasteiger partial charge >= 0.3 is 12.0 Å². The van der Waals surface area contributed by atoms with Crippen molar-refractivity contribution in [1.29, 1.82) is 0 Å². The number of urea groups is 1. The lowest BCUT2D eigenvalue weighted by Gasteiger charge is -2.07. The van der Waals surface area contributed by atoms with Gasteiger partial charge in [0.2, 0.25) is 5.91 Å². The van der Waals surface area contributed by atoms with Crippen LogP contribution < -0.4 is 22.1 Å². The summed E-state index contributed by atoms with van der Waals surface area (Å²) in [6.45, 7) is 1.80. The van der Waals surface area contributed by atoms with Crippen molar-refractivity contribution in [2.75, 3.05) is 18.4 Å². The molecule has 1 aliphatic heterocycles. The van der Waals surface area contributed by atoms with E-state index in [4.69, 9.17) is 11.5 Å². The number of anilines is 1. The largest absolute Gasteiger partial charge is 0.478 e. The molecular weight excluding hydrogens is 392 g/mol. The third-order valence-electron chi connectivity index (χ3n) is 4.50. The van der Waals surface area contributed by atoms with Crippen LogP contribution in [-0.4, -0.2) is 36.1 Å². The highest BCUT2D eigenvalue weighted by Crippen LogP contribution is 2.29. The van der Waals surface area contributed by atoms with E-state index in [1.54, 1.807) is 5.38 Å². The second-order valence-electron chi connectivity index (χ2n) is 6.72. The fraction of sp³-hybridized carbons (Fsp3) is 0.350. The van der Waals surface area contributed by atoms with Crippen LogP contribution in [0.1, 0.15) is 40.7 Å². The SMILES string of the molecule is NC(=O)Nc1scc(Cc2ccccc2)c1C(=O)O.NC(=O)[C@H]1CCCCNC1. The molecular formula is C20H26N4O4S. The van der Waals surface area contributed by atoms with Crippen molar-refractivity contribution in [3.05, 3.63) is 52.4 Å². The van der Waals surface area contributed by atoms with Crippen molar-refractivity contribution in [1.82, 2.24) is 5.32 Å². The molecule has 156 valence electrons. The van der Waals surface area contributed by atoms with Crippen molar-refractivity contribution in [3.63, 3.8) is 0 Å². The molecule has 1 aromatic heterocycles. The van der Waals surface area contributed by atoms with Crippen LogP contribution >= 0.6 is 11.3 Å². The molecule has 7 N–H and O–H groups in total. The molecule has 9 heteroatoms. The topological polar surface area (TPSA) is 148 Å². The first kappa shape index (κ1) is 22.4. The van der Waals surface area contributed by atoms with Gasteiger partial charge < -0.3 is 21.9 Å². The van der Waals surface area contributed by atoms with E-state index in [1.807, 2.05) is 30.3 Å². The summed E-state index contributed by atoms with van der Waals surface area (Å²) in [4.78, 5) is 32.8. The fourth-order valence-corrected chi connectivity index (χ4v) is 4.00. The number of nitrogens with two attached hydrogens (primary N) is 2. The zero-order valence-electron chi connectivity index (χ0n) is 16.0. The van der Waals surface area contributed by atoms with E-state index < -0.39 is 12.0 Å². The summed E-state index contributed by atoms with van der Waals surface area (Å²) >= 11 is 1.16. The number of aromatic carboxylic acids is 1. The van der Waals surface area contributed by atoms with Crippen LogP contribution in [0.25, 0.3) is 0 Å². The van der Waals surface area contributed by atoms with Crippen LogP contribution in [0.15, 0.2) is 35.7 Å². The molecule has 2 aromatic rings. The first-order valence-corrected chi connectivity index (χ1v) is 10.2. The van der Waals surface area contributed by atoms with Gasteiger partial charge in [-0.2, -0.15) is 0 Å². The Morgan fingerprint density at radius 2 is 1.90 bits per heavy atom. The predicted molar refractivity (Wildman–Crippen MR) is 113 cm³/mol. The number of carbonyl (C=O) groups excluding carboxylic acids is 2. The Bertz CT molecular complexity index is 830. The Morgan fingerprint density at radius 1 is 1.17 bits per heavy atom. The number of amides is 3. The number of nitrogens with one attached hydrogen (secondary N) is 2. The summed E-state index contributed by atoms with van der Waals surface area (Å²) in [5, 5.41) is 16.7. The molecule has 0 aliphatic carbocycles. The number of carboxylic acid groups (broad SMARTS) is 1. The maximum Gasteiger partial charge on any atom is 0.339 e. The third-order valence-corrected chi connectivity index (χ3v) is 5.45. The number of thiophene rings is 1. The van der Waals surface area contributed by atoms with Gasteiger partial charge in [0.1, 0.15) is 5.00 Å². The molecule has 0 spiro atoms. The van der Waals surface area contributed by atoms with Gasteiger partial charge in [0.25, 0.3) is 0 Å². The minimum absolute atomic E-state index is 0.0718. The molecule has 0 unspecified atom stereocenters. The quantitative estimate of drug-likeness (QED) is 0.506. The van der Waals surface area contributed by atoms with E-state index in [0.29, 0.717) is 12.0 Å². The molecule has 3 amide bonds. The summed E-state index contributed by atoms with van der Waals surface area (Å²) in [5.74, 6) is -1.16. The second-order valence-corrected chi connectivity index (χ2v) is 7.60. The van der Waals surface area contributed by atoms with Crippen molar-refractivity contribution in [3.8, 4) is 0 Å². The van der Waals surface area contributed by atoms with E-state index in [1.165, 1.54) is 6.42 Å². The number of hydrogen-bond donors (Lipinski definition) is 5. The highest BCUT2D eigenvalue weighted by molar-refractivity contribution is 7.15. The average molecular weight is 419 g/mol. The van der Waals surface area contributed by atoms with Crippen LogP contribution in [0.5, 0.6) is 0 Å². The first-order chi connectivity index (χ1) is 13.9. The van der Waals surface area contributed by atoms with Gasteiger partial charge in [0.05, 0.1) is 11.5 Å². The molecule has 1 aliphatic rings. The van der Waals surface area contributed by atoms with Gasteiger partial charge in [-0.15, -0.1) is 11.3 Å². The van der Waals surface area contributed by atoms with E-state index in [2.05, 4.69) is 10.6 Å². The molecule has 0 saturated carbocycles. The minimum atomic E-state index is -1.07. The highest BCUT2D eigenvalue weighted by Gasteiger charge is 2.19. The Balaban J connectivity index is 0.000000253. The van der Waals surface area contributed by atoms with E-state index in [0.717, 1.165) is 42.8 Å². The van der Waals surface area contributed by atoms with Crippen molar-refractivity contribution in [2.45, 2.75) is 25.7 Å². The van der Waals surface area contributed by atoms with Gasteiger partial charge in [0.15, 0.2) is 0 Å². The molecule has 1 saturated heterocycles. The smallest absolute Gasteiger partial charge is 0.339 e. The molecule has 0 radical (unpaired) electrons. The maximum absolute atomic E-state index is 11.3. The van der Waals surface area contributed by atoms with Gasteiger partial charge in [-0.05, 0) is 42.3 Å². The molecule has 29 heavy (non-hydrogen) atoms. The van der Waals surface area contributed by atoms with Crippen molar-refractivity contribution < 1.29 is 19.5 Å². The monoisotopic (exact) mass is 418 g/mol. The Kier molecular flexibility index (Phi) is 8.63. The zero-order valence-corrected chi connectivity index (χ0v) is 16.8. The number of carboxylic acids is 1.